The van der Waals surface area contributed by atoms with Gasteiger partial charge in [0.2, 0.25) is 10.0 Å². The average Bonchev–Trinajstić information content (AvgIpc) is 2.88. The van der Waals surface area contributed by atoms with Crippen LogP contribution in [0, 0.1) is 0 Å². The van der Waals surface area contributed by atoms with Crippen molar-refractivity contribution < 1.29 is 8.42 Å². The maximum atomic E-state index is 12.1. The highest BCUT2D eigenvalue weighted by Gasteiger charge is 2.16. The van der Waals surface area contributed by atoms with Crippen LogP contribution in [0.5, 0.6) is 0 Å². The van der Waals surface area contributed by atoms with Crippen molar-refractivity contribution in [1.82, 2.24) is 15.0 Å². The minimum Gasteiger partial charge on any atom is -0.316 e. The molecule has 2 N–H and O–H groups in total. The first-order chi connectivity index (χ1) is 9.12. The van der Waals surface area contributed by atoms with E-state index in [9.17, 15) is 8.42 Å². The number of nitrogens with one attached hydrogen (secondary N) is 2. The SMILES string of the molecule is CNCc1csc(S(=O)(=O)NCc2ccncc2)c1. The molecule has 5 nitrogen and oxygen atoms in total. The summed E-state index contributed by atoms with van der Waals surface area (Å²) in [7, 11) is -1.61. The second kappa shape index (κ2) is 6.25. The molecule has 2 rings (SSSR count). The summed E-state index contributed by atoms with van der Waals surface area (Å²) in [5.41, 5.74) is 1.85. The number of hydrogen-bond donors (Lipinski definition) is 2. The summed E-state index contributed by atoms with van der Waals surface area (Å²) in [5.74, 6) is 0. The summed E-state index contributed by atoms with van der Waals surface area (Å²) in [4.78, 5) is 3.89. The molecule has 0 aromatic carbocycles. The van der Waals surface area contributed by atoms with Crippen LogP contribution in [-0.2, 0) is 23.1 Å². The molecule has 0 aliphatic heterocycles. The van der Waals surface area contributed by atoms with Gasteiger partial charge in [-0.05, 0) is 41.8 Å². The van der Waals surface area contributed by atoms with Gasteiger partial charge in [0.05, 0.1) is 0 Å². The van der Waals surface area contributed by atoms with Crippen LogP contribution in [0.2, 0.25) is 0 Å². The number of sulfonamides is 1. The Morgan fingerprint density at radius 3 is 2.63 bits per heavy atom. The van der Waals surface area contributed by atoms with E-state index in [0.29, 0.717) is 10.8 Å². The highest BCUT2D eigenvalue weighted by atomic mass is 32.2. The molecule has 0 aliphatic rings. The Labute approximate surface area is 116 Å². The predicted octanol–water partition coefficient (Wildman–Crippen LogP) is 1.34. The number of pyridine rings is 1. The summed E-state index contributed by atoms with van der Waals surface area (Å²) < 4.78 is 27.1. The fraction of sp³-hybridized carbons (Fsp3) is 0.250. The van der Waals surface area contributed by atoms with E-state index in [0.717, 1.165) is 11.1 Å². The van der Waals surface area contributed by atoms with Crippen LogP contribution in [0.25, 0.3) is 0 Å². The van der Waals surface area contributed by atoms with Crippen LogP contribution in [0.1, 0.15) is 11.1 Å². The normalized spacial score (nSPS) is 11.6. The van der Waals surface area contributed by atoms with Crippen molar-refractivity contribution >= 4 is 21.4 Å². The van der Waals surface area contributed by atoms with Gasteiger partial charge < -0.3 is 5.32 Å². The van der Waals surface area contributed by atoms with Crippen molar-refractivity contribution in [3.05, 3.63) is 47.1 Å². The largest absolute Gasteiger partial charge is 0.316 e. The molecule has 102 valence electrons. The standard InChI is InChI=1S/C12H15N3O2S2/c1-13-7-11-6-12(18-9-11)19(16,17)15-8-10-2-4-14-5-3-10/h2-6,9,13,15H,7-8H2,1H3. The molecule has 0 saturated carbocycles. The fourth-order valence-corrected chi connectivity index (χ4v) is 3.81. The zero-order valence-electron chi connectivity index (χ0n) is 10.5. The molecule has 0 spiro atoms. The van der Waals surface area contributed by atoms with Crippen LogP contribution in [0.4, 0.5) is 0 Å². The topological polar surface area (TPSA) is 71.1 Å². The van der Waals surface area contributed by atoms with Gasteiger partial charge in [0.1, 0.15) is 4.21 Å². The first-order valence-electron chi connectivity index (χ1n) is 5.72. The van der Waals surface area contributed by atoms with Crippen molar-refractivity contribution in [1.29, 1.82) is 0 Å². The summed E-state index contributed by atoms with van der Waals surface area (Å²) in [6.45, 7) is 0.931. The van der Waals surface area contributed by atoms with Gasteiger partial charge in [0, 0.05) is 25.5 Å². The van der Waals surface area contributed by atoms with E-state index < -0.39 is 10.0 Å². The molecule has 0 fully saturated rings. The molecule has 0 unspecified atom stereocenters. The third-order valence-corrected chi connectivity index (χ3v) is 5.38. The van der Waals surface area contributed by atoms with Crippen molar-refractivity contribution in [2.24, 2.45) is 0 Å². The van der Waals surface area contributed by atoms with Crippen molar-refractivity contribution in [2.45, 2.75) is 17.3 Å². The molecule has 0 amide bonds. The van der Waals surface area contributed by atoms with E-state index in [1.54, 1.807) is 30.6 Å². The molecule has 2 heterocycles. The number of hydrogen-bond acceptors (Lipinski definition) is 5. The molecule has 7 heteroatoms. The lowest BCUT2D eigenvalue weighted by atomic mass is 10.3. The smallest absolute Gasteiger partial charge is 0.250 e. The molecule has 2 aromatic heterocycles. The predicted molar refractivity (Wildman–Crippen MR) is 75.3 cm³/mol. The van der Waals surface area contributed by atoms with E-state index in [4.69, 9.17) is 0 Å². The molecular weight excluding hydrogens is 282 g/mol. The Balaban J connectivity index is 2.05. The molecule has 0 saturated heterocycles. The first kappa shape index (κ1) is 14.1. The summed E-state index contributed by atoms with van der Waals surface area (Å²) in [6, 6.07) is 5.25. The second-order valence-electron chi connectivity index (χ2n) is 3.98. The van der Waals surface area contributed by atoms with Crippen LogP contribution >= 0.6 is 11.3 Å². The molecule has 0 atom stereocenters. The van der Waals surface area contributed by atoms with Gasteiger partial charge in [0.25, 0.3) is 0 Å². The Kier molecular flexibility index (Phi) is 4.65. The van der Waals surface area contributed by atoms with Crippen LogP contribution < -0.4 is 10.0 Å². The summed E-state index contributed by atoms with van der Waals surface area (Å²) in [6.07, 6.45) is 3.28. The van der Waals surface area contributed by atoms with Gasteiger partial charge in [-0.3, -0.25) is 4.98 Å². The Morgan fingerprint density at radius 1 is 1.21 bits per heavy atom. The third kappa shape index (κ3) is 3.84. The zero-order valence-corrected chi connectivity index (χ0v) is 12.1. The summed E-state index contributed by atoms with van der Waals surface area (Å²) >= 11 is 1.23. The van der Waals surface area contributed by atoms with E-state index in [-0.39, 0.29) is 6.54 Å². The highest BCUT2D eigenvalue weighted by Crippen LogP contribution is 2.20. The van der Waals surface area contributed by atoms with E-state index in [2.05, 4.69) is 15.0 Å². The van der Waals surface area contributed by atoms with Gasteiger partial charge in [-0.2, -0.15) is 0 Å². The van der Waals surface area contributed by atoms with Crippen molar-refractivity contribution in [3.8, 4) is 0 Å². The quantitative estimate of drug-likeness (QED) is 0.844. The lowest BCUT2D eigenvalue weighted by Gasteiger charge is -2.04. The Morgan fingerprint density at radius 2 is 1.95 bits per heavy atom. The molecular formula is C12H15N3O2S2. The lowest BCUT2D eigenvalue weighted by molar-refractivity contribution is 0.583. The van der Waals surface area contributed by atoms with E-state index in [1.807, 2.05) is 12.4 Å². The number of rotatable bonds is 6. The maximum Gasteiger partial charge on any atom is 0.250 e. The van der Waals surface area contributed by atoms with Gasteiger partial charge in [-0.1, -0.05) is 0 Å². The van der Waals surface area contributed by atoms with Gasteiger partial charge >= 0.3 is 0 Å². The van der Waals surface area contributed by atoms with Crippen LogP contribution in [0.3, 0.4) is 0 Å². The highest BCUT2D eigenvalue weighted by molar-refractivity contribution is 7.91. The number of nitrogens with zero attached hydrogens (tertiary/aromatic N) is 1. The van der Waals surface area contributed by atoms with Gasteiger partial charge in [0.15, 0.2) is 0 Å². The monoisotopic (exact) mass is 297 g/mol. The lowest BCUT2D eigenvalue weighted by Crippen LogP contribution is -2.22. The molecule has 2 aromatic rings. The molecule has 0 bridgehead atoms. The van der Waals surface area contributed by atoms with E-state index in [1.165, 1.54) is 11.3 Å². The molecule has 0 aliphatic carbocycles. The fourth-order valence-electron chi connectivity index (χ4n) is 1.54. The molecule has 19 heavy (non-hydrogen) atoms. The van der Waals surface area contributed by atoms with E-state index >= 15 is 0 Å². The number of aromatic nitrogens is 1. The summed E-state index contributed by atoms with van der Waals surface area (Å²) in [5, 5.41) is 4.84. The number of thiophene rings is 1. The van der Waals surface area contributed by atoms with Crippen molar-refractivity contribution in [3.63, 3.8) is 0 Å². The second-order valence-corrected chi connectivity index (χ2v) is 6.89. The van der Waals surface area contributed by atoms with Crippen LogP contribution in [0.15, 0.2) is 40.2 Å². The van der Waals surface area contributed by atoms with Gasteiger partial charge in [-0.15, -0.1) is 11.3 Å². The average molecular weight is 297 g/mol. The zero-order chi connectivity index (χ0) is 13.7. The third-order valence-electron chi connectivity index (χ3n) is 2.49. The molecule has 0 radical (unpaired) electrons. The minimum atomic E-state index is -3.44. The maximum absolute atomic E-state index is 12.1. The Bertz CT molecular complexity index is 623. The first-order valence-corrected chi connectivity index (χ1v) is 8.08. The minimum absolute atomic E-state index is 0.268. The Hall–Kier alpha value is -1.28. The van der Waals surface area contributed by atoms with Crippen LogP contribution in [-0.4, -0.2) is 20.4 Å². The van der Waals surface area contributed by atoms with Crippen molar-refractivity contribution in [2.75, 3.05) is 7.05 Å². The van der Waals surface area contributed by atoms with Gasteiger partial charge in [-0.25, -0.2) is 13.1 Å².